The van der Waals surface area contributed by atoms with Crippen LogP contribution in [-0.4, -0.2) is 144 Å². The lowest BCUT2D eigenvalue weighted by atomic mass is 9.79. The molecular weight excluding hydrogens is 920 g/mol. The summed E-state index contributed by atoms with van der Waals surface area (Å²) in [5.74, 6) is -1.73. The first kappa shape index (κ1) is 52.9. The molecule has 1 aromatic carbocycles. The Morgan fingerprint density at radius 1 is 1.09 bits per heavy atom. The van der Waals surface area contributed by atoms with Crippen LogP contribution in [0.5, 0.6) is 5.75 Å². The van der Waals surface area contributed by atoms with Gasteiger partial charge in [-0.25, -0.2) is 9.59 Å². The van der Waals surface area contributed by atoms with Crippen molar-refractivity contribution in [3.63, 3.8) is 0 Å². The number of fused-ring (bicyclic) bond motifs is 5. The zero-order chi connectivity index (χ0) is 49.8. The molecule has 4 bridgehead atoms. The molecule has 4 heterocycles. The maximum atomic E-state index is 14.3. The predicted octanol–water partition coefficient (Wildman–Crippen LogP) is 5.55. The van der Waals surface area contributed by atoms with Crippen LogP contribution in [0.25, 0.3) is 0 Å². The van der Waals surface area contributed by atoms with Gasteiger partial charge < -0.3 is 38.6 Å². The summed E-state index contributed by atoms with van der Waals surface area (Å²) in [7, 11) is 5.91. The summed E-state index contributed by atoms with van der Waals surface area (Å²) in [5, 5.41) is 13.9. The van der Waals surface area contributed by atoms with Gasteiger partial charge in [0.1, 0.15) is 46.5 Å². The van der Waals surface area contributed by atoms with Crippen LogP contribution >= 0.6 is 23.4 Å². The number of thioether (sulfide) groups is 1. The number of hydrogen-bond acceptors (Lipinski definition) is 14. The summed E-state index contributed by atoms with van der Waals surface area (Å²) in [6.45, 7) is 9.09. The number of Topliss-reactive ketones (excluding diaryl/α,β-unsaturated/α-hetero) is 1. The number of ketones is 1. The topological polar surface area (TPSA) is 211 Å². The van der Waals surface area contributed by atoms with Gasteiger partial charge >= 0.3 is 12.1 Å². The second-order valence-electron chi connectivity index (χ2n) is 19.1. The van der Waals surface area contributed by atoms with Crippen LogP contribution in [0.4, 0.5) is 10.5 Å². The van der Waals surface area contributed by atoms with E-state index in [-0.39, 0.29) is 65.9 Å². The summed E-state index contributed by atoms with van der Waals surface area (Å²) in [4.78, 5) is 97.3. The second kappa shape index (κ2) is 22.1. The standard InChI is InChI=1S/C49H67ClN4O13S/c1-10-34(55)32-16-14-30(15-17-32)26-54-42(58)23-37(45(54)59)68-19-18-40(56)52(6)29(4)46(60)66-39-24-41(57)53(7)33-21-31(22-35(63-8)43(33)50)20-27(2)12-11-13-38(64-9)49(62)25-36(65-47(61)51-49)28(3)44-48(39,5)67-44/h11-13,21-22,28-30,32,36-39,44,62H,10,14-20,23-26H2,1-9H3,(H,51,61)/b13-11+,27-12+/t28-,29+,30?,32?,36+,37?,38-,39+,44-,48+,49+/m1/s1. The van der Waals surface area contributed by atoms with E-state index in [4.69, 9.17) is 35.3 Å². The molecule has 68 heavy (non-hydrogen) atoms. The molecule has 5 amide bonds. The number of anilines is 1. The lowest BCUT2D eigenvalue weighted by Crippen LogP contribution is -2.63. The van der Waals surface area contributed by atoms with Gasteiger partial charge in [-0.05, 0) is 76.5 Å². The molecule has 1 aliphatic carbocycles. The molecule has 4 fully saturated rings. The number of likely N-dealkylation sites (N-methyl/N-ethyl adjacent to an activating group) is 1. The first-order chi connectivity index (χ1) is 32.1. The highest BCUT2D eigenvalue weighted by atomic mass is 35.5. The molecule has 0 radical (unpaired) electrons. The number of methoxy groups -OCH3 is 2. The number of likely N-dealkylation sites (tertiary alicyclic amines) is 1. The number of carbonyl (C=O) groups is 7. The molecule has 1 unspecified atom stereocenters. The van der Waals surface area contributed by atoms with Crippen molar-refractivity contribution in [2.45, 2.75) is 146 Å². The van der Waals surface area contributed by atoms with E-state index in [1.165, 1.54) is 54.7 Å². The molecule has 6 rings (SSSR count). The van der Waals surface area contributed by atoms with Crippen molar-refractivity contribution in [1.82, 2.24) is 15.1 Å². The normalized spacial score (nSPS) is 32.8. The van der Waals surface area contributed by atoms with Gasteiger partial charge in [-0.2, -0.15) is 0 Å². The number of allylic oxidation sites excluding steroid dienone is 3. The molecule has 0 aromatic heterocycles. The molecule has 1 saturated carbocycles. The zero-order valence-electron chi connectivity index (χ0n) is 40.5. The Morgan fingerprint density at radius 3 is 2.46 bits per heavy atom. The minimum absolute atomic E-state index is 0.0288. The van der Waals surface area contributed by atoms with Gasteiger partial charge in [-0.15, -0.1) is 11.8 Å². The Labute approximate surface area is 407 Å². The number of carbonyl (C=O) groups excluding carboxylic acids is 7. The monoisotopic (exact) mass is 986 g/mol. The van der Waals surface area contributed by atoms with E-state index >= 15 is 0 Å². The fourth-order valence-corrected chi connectivity index (χ4v) is 11.3. The van der Waals surface area contributed by atoms with E-state index in [9.17, 15) is 38.7 Å². The Kier molecular flexibility index (Phi) is 17.2. The molecule has 0 spiro atoms. The number of alkyl carbamates (subject to hydrolysis) is 1. The third-order valence-corrected chi connectivity index (χ3v) is 16.0. The largest absolute Gasteiger partial charge is 0.495 e. The summed E-state index contributed by atoms with van der Waals surface area (Å²) in [5.41, 5.74) is -1.13. The molecule has 5 aliphatic rings. The Balaban J connectivity index is 1.15. The molecule has 2 N–H and O–H groups in total. The molecule has 4 aliphatic heterocycles. The summed E-state index contributed by atoms with van der Waals surface area (Å²) >= 11 is 8.04. The van der Waals surface area contributed by atoms with Crippen molar-refractivity contribution < 1.29 is 62.4 Å². The SMILES string of the molecule is CCC(=O)C1CCC(CN2C(=O)CC(SCCC(=O)N(C)[C@@H](C)C(=O)O[C@H]3CC(=O)N(C)c4cc(cc(OC)c4Cl)C/C(C)=C/C=C/[C@@H](OC)[C@@]4(O)C[C@H](OC(=O)N4)[C@@H](C)[C@H]4O[C@@]34C)C2=O)CC1. The number of epoxide rings is 1. The van der Waals surface area contributed by atoms with Crippen LogP contribution in [-0.2, 0) is 54.1 Å². The fourth-order valence-electron chi connectivity index (χ4n) is 9.87. The molecule has 19 heteroatoms. The average Bonchev–Trinajstić information content (AvgIpc) is 3.94. The van der Waals surface area contributed by atoms with E-state index in [1.54, 1.807) is 45.2 Å². The summed E-state index contributed by atoms with van der Waals surface area (Å²) in [6.07, 6.45) is 4.15. The minimum Gasteiger partial charge on any atom is -0.495 e. The number of amides is 5. The number of nitrogens with one attached hydrogen (secondary N) is 1. The molecular formula is C49H67ClN4O13S. The number of halogens is 1. The van der Waals surface area contributed by atoms with Gasteiger partial charge in [0, 0.05) is 71.0 Å². The van der Waals surface area contributed by atoms with Crippen LogP contribution in [0.3, 0.4) is 0 Å². The van der Waals surface area contributed by atoms with E-state index < -0.39 is 76.8 Å². The summed E-state index contributed by atoms with van der Waals surface area (Å²) < 4.78 is 29.4. The van der Waals surface area contributed by atoms with Gasteiger partial charge in [0.2, 0.25) is 23.6 Å². The van der Waals surface area contributed by atoms with Crippen molar-refractivity contribution in [3.8, 4) is 5.75 Å². The summed E-state index contributed by atoms with van der Waals surface area (Å²) in [6, 6.07) is 2.43. The first-order valence-electron chi connectivity index (χ1n) is 23.5. The van der Waals surface area contributed by atoms with Gasteiger partial charge in [-0.3, -0.25) is 34.2 Å². The number of aliphatic hydroxyl groups is 1. The Morgan fingerprint density at radius 2 is 1.79 bits per heavy atom. The van der Waals surface area contributed by atoms with E-state index in [0.717, 1.165) is 36.8 Å². The first-order valence-corrected chi connectivity index (χ1v) is 24.9. The van der Waals surface area contributed by atoms with E-state index in [1.807, 2.05) is 19.9 Å². The smallest absolute Gasteiger partial charge is 0.409 e. The van der Waals surface area contributed by atoms with E-state index in [0.29, 0.717) is 30.8 Å². The predicted molar refractivity (Wildman–Crippen MR) is 254 cm³/mol. The van der Waals surface area contributed by atoms with Gasteiger partial charge in [-0.1, -0.05) is 49.2 Å². The van der Waals surface area contributed by atoms with Crippen LogP contribution < -0.4 is 15.0 Å². The van der Waals surface area contributed by atoms with Crippen molar-refractivity contribution in [2.75, 3.05) is 45.5 Å². The van der Waals surface area contributed by atoms with Crippen molar-refractivity contribution in [2.24, 2.45) is 17.8 Å². The number of hydrogen-bond donors (Lipinski definition) is 2. The highest BCUT2D eigenvalue weighted by Crippen LogP contribution is 2.49. The number of imide groups is 1. The maximum Gasteiger partial charge on any atom is 0.409 e. The molecule has 3 saturated heterocycles. The number of esters is 1. The lowest BCUT2D eigenvalue weighted by Gasteiger charge is -2.42. The minimum atomic E-state index is -1.87. The number of rotatable bonds is 13. The second-order valence-corrected chi connectivity index (χ2v) is 20.8. The van der Waals surface area contributed by atoms with Gasteiger partial charge in [0.15, 0.2) is 5.72 Å². The molecule has 9 atom stereocenters. The zero-order valence-corrected chi connectivity index (χ0v) is 42.1. The van der Waals surface area contributed by atoms with Crippen molar-refractivity contribution >= 4 is 70.5 Å². The quantitative estimate of drug-likeness (QED) is 0.141. The third kappa shape index (κ3) is 11.7. The maximum absolute atomic E-state index is 14.3. The lowest BCUT2D eigenvalue weighted by molar-refractivity contribution is -0.162. The fraction of sp³-hybridized carbons (Fsp3) is 0.653. The van der Waals surface area contributed by atoms with Crippen LogP contribution in [0.2, 0.25) is 5.02 Å². The Hall–Kier alpha value is -4.49. The van der Waals surface area contributed by atoms with Crippen LogP contribution in [0.1, 0.15) is 98.0 Å². The Bertz CT molecular complexity index is 2180. The highest BCUT2D eigenvalue weighted by molar-refractivity contribution is 8.00. The third-order valence-electron chi connectivity index (χ3n) is 14.5. The highest BCUT2D eigenvalue weighted by Gasteiger charge is 2.64. The average molecular weight is 988 g/mol. The number of nitrogens with zero attached hydrogens (tertiary/aromatic N) is 3. The molecule has 374 valence electrons. The van der Waals surface area contributed by atoms with Crippen LogP contribution in [0, 0.1) is 17.8 Å². The van der Waals surface area contributed by atoms with Crippen LogP contribution in [0.15, 0.2) is 35.9 Å². The number of benzene rings is 1. The van der Waals surface area contributed by atoms with Gasteiger partial charge in [0.25, 0.3) is 0 Å². The van der Waals surface area contributed by atoms with Gasteiger partial charge in [0.05, 0.1) is 30.6 Å². The number of ether oxygens (including phenoxy) is 5. The molecule has 1 aromatic rings. The van der Waals surface area contributed by atoms with E-state index in [2.05, 4.69) is 5.32 Å². The van der Waals surface area contributed by atoms with Crippen molar-refractivity contribution in [1.29, 1.82) is 0 Å². The van der Waals surface area contributed by atoms with Crippen molar-refractivity contribution in [3.05, 3.63) is 46.5 Å². The molecule has 17 nitrogen and oxygen atoms in total.